The smallest absolute Gasteiger partial charge is 0.220 e. The van der Waals surface area contributed by atoms with Gasteiger partial charge in [-0.3, -0.25) is 4.79 Å². The van der Waals surface area contributed by atoms with E-state index >= 15 is 0 Å². The highest BCUT2D eigenvalue weighted by molar-refractivity contribution is 5.76. The van der Waals surface area contributed by atoms with Gasteiger partial charge in [0.2, 0.25) is 5.91 Å². The van der Waals surface area contributed by atoms with Crippen molar-refractivity contribution < 1.29 is 89.4 Å². The SMILES string of the molecule is CCCCCCCCCC/C=C\CCCCCCCCCCCCCCCCCCCCCCCCCCCCCCCC(=O)NC(COC1OC(CO)C(OC2OC(CO)C(OC3OC(CO)C(O)C(O)C3O)C(O)C2O)C(O)C1O)C(O)/C=C/CC/C=C/CC/C=C/CCCCCCCCCCCCCC. The molecule has 1 amide bonds. The Kier molecular flexibility index (Phi) is 63.9. The predicted molar refractivity (Wildman–Crippen MR) is 434 cm³/mol. The molecule has 0 aliphatic carbocycles. The van der Waals surface area contributed by atoms with Crippen LogP contribution in [0.15, 0.2) is 48.6 Å². The van der Waals surface area contributed by atoms with Gasteiger partial charge >= 0.3 is 0 Å². The van der Waals surface area contributed by atoms with Crippen LogP contribution in [-0.4, -0.2) is 193 Å². The minimum Gasteiger partial charge on any atom is -0.394 e. The van der Waals surface area contributed by atoms with Crippen molar-refractivity contribution in [2.45, 2.75) is 484 Å². The van der Waals surface area contributed by atoms with E-state index in [2.05, 4.69) is 55.6 Å². The van der Waals surface area contributed by atoms with Crippen molar-refractivity contribution >= 4 is 5.91 Å². The summed E-state index contributed by atoms with van der Waals surface area (Å²) in [5, 5.41) is 121. The molecule has 17 unspecified atom stereocenters. The van der Waals surface area contributed by atoms with Crippen LogP contribution in [0.25, 0.3) is 0 Å². The molecule has 0 aromatic carbocycles. The van der Waals surface area contributed by atoms with E-state index in [1.54, 1.807) is 6.08 Å². The number of hydrogen-bond acceptors (Lipinski definition) is 18. The van der Waals surface area contributed by atoms with Crippen molar-refractivity contribution in [3.05, 3.63) is 48.6 Å². The van der Waals surface area contributed by atoms with Gasteiger partial charge in [0.05, 0.1) is 38.6 Å². The molecule has 634 valence electrons. The third-order valence-electron chi connectivity index (χ3n) is 22.3. The van der Waals surface area contributed by atoms with Crippen LogP contribution in [0.2, 0.25) is 0 Å². The highest BCUT2D eigenvalue weighted by Gasteiger charge is 2.54. The zero-order chi connectivity index (χ0) is 78.1. The lowest BCUT2D eigenvalue weighted by Crippen LogP contribution is -2.66. The first kappa shape index (κ1) is 99.9. The Balaban J connectivity index is 1.30. The van der Waals surface area contributed by atoms with Crippen LogP contribution in [-0.2, 0) is 33.2 Å². The van der Waals surface area contributed by atoms with E-state index in [1.807, 2.05) is 6.08 Å². The van der Waals surface area contributed by atoms with Crippen LogP contribution in [0.5, 0.6) is 0 Å². The topological polar surface area (TPSA) is 307 Å². The number of unbranched alkanes of at least 4 members (excludes halogenated alkanes) is 51. The zero-order valence-electron chi connectivity index (χ0n) is 68.3. The van der Waals surface area contributed by atoms with Crippen molar-refractivity contribution in [2.24, 2.45) is 0 Å². The normalized spacial score (nSPS) is 25.6. The van der Waals surface area contributed by atoms with Gasteiger partial charge in [-0.1, -0.05) is 351 Å². The number of carbonyl (C=O) groups is 1. The quantitative estimate of drug-likeness (QED) is 0.0199. The van der Waals surface area contributed by atoms with Crippen LogP contribution >= 0.6 is 0 Å². The second-order valence-corrected chi connectivity index (χ2v) is 32.0. The molecular formula is C89H165NO18. The maximum absolute atomic E-state index is 13.5. The fourth-order valence-electron chi connectivity index (χ4n) is 15.2. The van der Waals surface area contributed by atoms with Gasteiger partial charge in [0.1, 0.15) is 73.2 Å². The maximum Gasteiger partial charge on any atom is 0.220 e. The first-order valence-electron chi connectivity index (χ1n) is 44.9. The van der Waals surface area contributed by atoms with Crippen LogP contribution in [0, 0.1) is 0 Å². The molecular weight excluding hydrogens is 1370 g/mol. The zero-order valence-corrected chi connectivity index (χ0v) is 68.3. The van der Waals surface area contributed by atoms with Crippen molar-refractivity contribution in [1.82, 2.24) is 5.32 Å². The maximum atomic E-state index is 13.5. The Bertz CT molecular complexity index is 2130. The Hall–Kier alpha value is -2.25. The Morgan fingerprint density at radius 1 is 0.324 bits per heavy atom. The molecule has 19 heteroatoms. The molecule has 3 heterocycles. The van der Waals surface area contributed by atoms with E-state index in [0.29, 0.717) is 12.8 Å². The van der Waals surface area contributed by atoms with Gasteiger partial charge < -0.3 is 89.9 Å². The van der Waals surface area contributed by atoms with Crippen LogP contribution in [0.3, 0.4) is 0 Å². The summed E-state index contributed by atoms with van der Waals surface area (Å²) in [5.41, 5.74) is 0. The number of amides is 1. The standard InChI is InChI=1S/C89H165NO18/c1-3-5-7-9-11-13-15-17-19-21-23-25-27-28-29-30-31-32-33-34-35-36-37-38-39-40-41-42-43-44-45-47-49-51-53-55-57-59-61-63-65-67-77(95)90-72(73(94)66-64-62-60-58-56-54-52-50-48-46-26-24-22-20-18-16-14-12-10-8-6-4-2)71-103-87-83(101)80(98)85(75(69-92)105-87)108-89-84(102)81(99)86(76(70-93)106-89)107-88-82(100)79(97)78(96)74(68-91)104-88/h21,23,48,50,56,58,64,66,72-76,78-89,91-94,96-102H,3-20,22,24-47,49,51-55,57,59-63,65,67-71H2,1-2H3,(H,90,95)/b23-21-,50-48+,58-56+,66-64+. The molecule has 3 saturated heterocycles. The number of rotatable bonds is 73. The molecule has 0 aromatic rings. The fraction of sp³-hybridized carbons (Fsp3) is 0.899. The minimum absolute atomic E-state index is 0.236. The van der Waals surface area contributed by atoms with Gasteiger partial charge in [-0.05, 0) is 70.6 Å². The summed E-state index contributed by atoms with van der Waals surface area (Å²) >= 11 is 0. The lowest BCUT2D eigenvalue weighted by molar-refractivity contribution is -0.379. The summed E-state index contributed by atoms with van der Waals surface area (Å²) < 4.78 is 34.5. The van der Waals surface area contributed by atoms with E-state index in [-0.39, 0.29) is 18.9 Å². The average molecular weight is 1540 g/mol. The van der Waals surface area contributed by atoms with E-state index < -0.39 is 124 Å². The second kappa shape index (κ2) is 69.1. The van der Waals surface area contributed by atoms with Crippen molar-refractivity contribution in [2.75, 3.05) is 26.4 Å². The van der Waals surface area contributed by atoms with Gasteiger partial charge in [0, 0.05) is 6.42 Å². The van der Waals surface area contributed by atoms with Crippen LogP contribution in [0.4, 0.5) is 0 Å². The number of nitrogens with one attached hydrogen (secondary N) is 1. The van der Waals surface area contributed by atoms with Crippen molar-refractivity contribution in [3.8, 4) is 0 Å². The summed E-state index contributed by atoms with van der Waals surface area (Å²) in [6.45, 7) is 1.76. The first-order valence-corrected chi connectivity index (χ1v) is 44.9. The van der Waals surface area contributed by atoms with Gasteiger partial charge in [0.25, 0.3) is 0 Å². The Labute approximate surface area is 656 Å². The average Bonchev–Trinajstić information content (AvgIpc) is 0.787. The number of ether oxygens (including phenoxy) is 6. The highest BCUT2D eigenvalue weighted by atomic mass is 16.8. The van der Waals surface area contributed by atoms with Crippen molar-refractivity contribution in [3.63, 3.8) is 0 Å². The lowest BCUT2D eigenvalue weighted by Gasteiger charge is -2.48. The molecule has 0 aromatic heterocycles. The van der Waals surface area contributed by atoms with E-state index in [1.165, 1.54) is 302 Å². The highest BCUT2D eigenvalue weighted by Crippen LogP contribution is 2.34. The molecule has 108 heavy (non-hydrogen) atoms. The van der Waals surface area contributed by atoms with Gasteiger partial charge in [-0.15, -0.1) is 0 Å². The van der Waals surface area contributed by atoms with Gasteiger partial charge in [0.15, 0.2) is 18.9 Å². The second-order valence-electron chi connectivity index (χ2n) is 32.0. The molecule has 19 nitrogen and oxygen atoms in total. The van der Waals surface area contributed by atoms with E-state index in [0.717, 1.165) is 44.9 Å². The minimum atomic E-state index is -1.98. The number of hydrogen-bond donors (Lipinski definition) is 12. The van der Waals surface area contributed by atoms with E-state index in [9.17, 15) is 61.0 Å². The molecule has 0 saturated carbocycles. The third kappa shape index (κ3) is 47.6. The molecule has 3 fully saturated rings. The van der Waals surface area contributed by atoms with Gasteiger partial charge in [-0.25, -0.2) is 0 Å². The molecule has 3 aliphatic heterocycles. The molecule has 12 N–H and O–H groups in total. The van der Waals surface area contributed by atoms with Gasteiger partial charge in [-0.2, -0.15) is 0 Å². The summed E-state index contributed by atoms with van der Waals surface area (Å²) in [6.07, 6.45) is 62.9. The number of carbonyl (C=O) groups excluding carboxylic acids is 1. The van der Waals surface area contributed by atoms with E-state index in [4.69, 9.17) is 28.4 Å². The predicted octanol–water partition coefficient (Wildman–Crippen LogP) is 16.8. The number of aliphatic hydroxyl groups excluding tert-OH is 11. The fourth-order valence-corrected chi connectivity index (χ4v) is 15.2. The summed E-state index contributed by atoms with van der Waals surface area (Å²) in [4.78, 5) is 13.5. The summed E-state index contributed by atoms with van der Waals surface area (Å²) in [7, 11) is 0. The molecule has 0 radical (unpaired) electrons. The Morgan fingerprint density at radius 2 is 0.593 bits per heavy atom. The van der Waals surface area contributed by atoms with Crippen molar-refractivity contribution in [1.29, 1.82) is 0 Å². The molecule has 0 bridgehead atoms. The van der Waals surface area contributed by atoms with Crippen LogP contribution < -0.4 is 5.32 Å². The molecule has 0 spiro atoms. The van der Waals surface area contributed by atoms with Crippen LogP contribution in [0.1, 0.15) is 380 Å². The summed E-state index contributed by atoms with van der Waals surface area (Å²) in [6, 6.07) is -0.997. The third-order valence-corrected chi connectivity index (χ3v) is 22.3. The first-order chi connectivity index (χ1) is 52.8. The molecule has 17 atom stereocenters. The molecule has 3 rings (SSSR count). The number of allylic oxidation sites excluding steroid dienone is 7. The number of aliphatic hydroxyl groups is 11. The summed E-state index contributed by atoms with van der Waals surface area (Å²) in [5.74, 6) is -0.282. The Morgan fingerprint density at radius 3 is 0.926 bits per heavy atom. The lowest BCUT2D eigenvalue weighted by atomic mass is 9.96. The largest absolute Gasteiger partial charge is 0.394 e. The monoisotopic (exact) mass is 1540 g/mol. The molecule has 3 aliphatic rings.